The minimum Gasteiger partial charge on any atom is -0.457 e. The first-order valence-electron chi connectivity index (χ1n) is 35.2. The maximum Gasteiger partial charge on any atom is 0.419 e. The van der Waals surface area contributed by atoms with Gasteiger partial charge in [-0.3, -0.25) is 42.5 Å². The van der Waals surface area contributed by atoms with Crippen molar-refractivity contribution in [2.45, 2.75) is 188 Å². The SMILES string of the molecule is CC(C)(C)OC(=O)n1cc(CC(NC(=O)CCCCCCCNC(=O)CCc2ccc(OC3=C(C=CC4=[N+](CCCCS(=O)(=O)O)c5ccc(S(=O)(=O)O)cc5C4(C)C)CCCC3=CC=C3N(CCCCS(=O)(=O)O)c4ccc(S(=O)(=O)O)cc4C3(C)C)cc2)C(=O)Nc2nnc(S(N)(=O)=O)s2)c2ccccc21. The summed E-state index contributed by atoms with van der Waals surface area (Å²) in [6, 6.07) is 21.7. The number of allylic oxidation sites excluding steroid dienone is 7. The van der Waals surface area contributed by atoms with Crippen LogP contribution in [0.4, 0.5) is 21.3 Å². The fourth-order valence-corrected chi connectivity index (χ4v) is 16.9. The lowest BCUT2D eigenvalue weighted by atomic mass is 9.81. The highest BCUT2D eigenvalue weighted by Gasteiger charge is 2.46. The van der Waals surface area contributed by atoms with E-state index in [2.05, 4.69) is 26.1 Å². The van der Waals surface area contributed by atoms with Crippen LogP contribution in [-0.2, 0) is 93.3 Å². The van der Waals surface area contributed by atoms with Gasteiger partial charge in [-0.25, -0.2) is 18.4 Å². The number of fused-ring (bicyclic) bond motifs is 3. The van der Waals surface area contributed by atoms with Crippen LogP contribution < -0.4 is 30.7 Å². The fraction of sp³-hybridized carbons (Fsp3) is 0.438. The molecule has 0 saturated heterocycles. The molecule has 4 heterocycles. The van der Waals surface area contributed by atoms with Gasteiger partial charge in [-0.1, -0.05) is 80.9 Å². The van der Waals surface area contributed by atoms with Crippen molar-refractivity contribution in [1.82, 2.24) is 25.4 Å². The van der Waals surface area contributed by atoms with Gasteiger partial charge in [0.25, 0.3) is 50.5 Å². The number of nitrogens with one attached hydrogen (secondary N) is 3. The molecule has 9 N–H and O–H groups in total. The number of aryl methyl sites for hydroxylation is 1. The van der Waals surface area contributed by atoms with Crippen LogP contribution in [0.1, 0.15) is 161 Å². The van der Waals surface area contributed by atoms with E-state index in [4.69, 9.17) is 14.6 Å². The fourth-order valence-electron chi connectivity index (χ4n) is 13.4. The van der Waals surface area contributed by atoms with Gasteiger partial charge >= 0.3 is 6.09 Å². The van der Waals surface area contributed by atoms with E-state index in [1.807, 2.05) is 73.6 Å². The third kappa shape index (κ3) is 22.2. The Morgan fingerprint density at radius 3 is 2.02 bits per heavy atom. The van der Waals surface area contributed by atoms with Crippen LogP contribution in [0.25, 0.3) is 10.9 Å². The number of amides is 3. The summed E-state index contributed by atoms with van der Waals surface area (Å²) < 4.78 is 175. The zero-order chi connectivity index (χ0) is 79.0. The number of ether oxygens (including phenoxy) is 2. The molecule has 0 saturated carbocycles. The molecule has 1 aliphatic carbocycles. The van der Waals surface area contributed by atoms with Crippen molar-refractivity contribution >= 4 is 119 Å². The number of nitrogens with zero attached hydrogens (tertiary/aromatic N) is 5. The minimum atomic E-state index is -4.61. The number of carbonyl (C=O) groups excluding carboxylic acids is 4. The number of nitrogens with two attached hydrogens (primary N) is 1. The van der Waals surface area contributed by atoms with E-state index in [0.29, 0.717) is 138 Å². The van der Waals surface area contributed by atoms with Gasteiger partial charge in [0.05, 0.1) is 32.2 Å². The van der Waals surface area contributed by atoms with Gasteiger partial charge in [0.2, 0.25) is 32.9 Å². The molecule has 0 fully saturated rings. The Kier molecular flexibility index (Phi) is 26.6. The molecule has 0 spiro atoms. The Bertz CT molecular complexity index is 5190. The Morgan fingerprint density at radius 1 is 0.713 bits per heavy atom. The van der Waals surface area contributed by atoms with E-state index in [0.717, 1.165) is 29.6 Å². The van der Waals surface area contributed by atoms with E-state index in [-0.39, 0.29) is 66.0 Å². The van der Waals surface area contributed by atoms with Gasteiger partial charge in [-0.05, 0) is 181 Å². The van der Waals surface area contributed by atoms with Gasteiger partial charge in [0.15, 0.2) is 5.71 Å². The number of carbonyl (C=O) groups is 4. The molecular formula is C73H92N9O20S6+. The molecule has 2 aromatic heterocycles. The second-order valence-corrected chi connectivity index (χ2v) is 37.6. The first-order chi connectivity index (χ1) is 50.5. The van der Waals surface area contributed by atoms with Crippen LogP contribution in [0.5, 0.6) is 5.75 Å². The third-order valence-electron chi connectivity index (χ3n) is 18.8. The first kappa shape index (κ1) is 83.7. The molecule has 584 valence electrons. The van der Waals surface area contributed by atoms with Gasteiger partial charge in [0, 0.05) is 84.9 Å². The van der Waals surface area contributed by atoms with Crippen molar-refractivity contribution in [2.24, 2.45) is 5.14 Å². The number of sulfonamides is 1. The number of benzene rings is 4. The lowest BCUT2D eigenvalue weighted by Gasteiger charge is -2.27. The summed E-state index contributed by atoms with van der Waals surface area (Å²) in [5, 5.41) is 21.3. The zero-order valence-corrected chi connectivity index (χ0v) is 65.9. The lowest BCUT2D eigenvalue weighted by Crippen LogP contribution is -2.45. The Hall–Kier alpha value is -8.36. The van der Waals surface area contributed by atoms with Crippen molar-refractivity contribution in [3.05, 3.63) is 160 Å². The molecule has 35 heteroatoms. The quantitative estimate of drug-likeness (QED) is 0.00805. The van der Waals surface area contributed by atoms with Gasteiger partial charge < -0.3 is 25.0 Å². The number of aromatic nitrogens is 3. The molecule has 1 unspecified atom stereocenters. The molecule has 9 rings (SSSR count). The smallest absolute Gasteiger partial charge is 0.419 e. The summed E-state index contributed by atoms with van der Waals surface area (Å²) >= 11 is 0.543. The van der Waals surface area contributed by atoms with Crippen molar-refractivity contribution in [3.63, 3.8) is 0 Å². The molecule has 1 atom stereocenters. The number of rotatable bonds is 34. The highest BCUT2D eigenvalue weighted by Crippen LogP contribution is 2.49. The second-order valence-electron chi connectivity index (χ2n) is 28.9. The van der Waals surface area contributed by atoms with Crippen LogP contribution in [0.2, 0.25) is 0 Å². The molecule has 2 aliphatic heterocycles. The molecule has 6 aromatic rings. The van der Waals surface area contributed by atoms with Crippen molar-refractivity contribution in [3.8, 4) is 5.75 Å². The molecular weight excluding hydrogens is 1520 g/mol. The van der Waals surface area contributed by atoms with Crippen LogP contribution in [0, 0.1) is 0 Å². The number of hydrogen-bond donors (Lipinski definition) is 8. The summed E-state index contributed by atoms with van der Waals surface area (Å²) in [5.74, 6) is -1.29. The minimum absolute atomic E-state index is 0.0703. The average Bonchev–Trinajstić information content (AvgIpc) is 1.59. The Labute approximate surface area is 633 Å². The maximum atomic E-state index is 13.8. The van der Waals surface area contributed by atoms with Crippen LogP contribution in [0.15, 0.2) is 152 Å². The summed E-state index contributed by atoms with van der Waals surface area (Å²) in [6.45, 7) is 13.8. The molecule has 0 radical (unpaired) electrons. The van der Waals surface area contributed by atoms with E-state index in [1.165, 1.54) is 28.8 Å². The molecule has 0 bridgehead atoms. The van der Waals surface area contributed by atoms with Crippen molar-refractivity contribution in [1.29, 1.82) is 0 Å². The molecule has 3 aliphatic rings. The van der Waals surface area contributed by atoms with E-state index in [9.17, 15) is 79.5 Å². The number of hydrogen-bond acceptors (Lipinski definition) is 20. The summed E-state index contributed by atoms with van der Waals surface area (Å²) in [4.78, 5) is 55.2. The summed E-state index contributed by atoms with van der Waals surface area (Å²) in [6.07, 6.45) is 15.0. The number of primary sulfonamides is 1. The molecule has 29 nitrogen and oxygen atoms in total. The summed E-state index contributed by atoms with van der Waals surface area (Å²) in [5.41, 5.74) is 4.71. The molecule has 4 aromatic carbocycles. The monoisotopic (exact) mass is 1610 g/mol. The zero-order valence-electron chi connectivity index (χ0n) is 61.0. The van der Waals surface area contributed by atoms with Crippen LogP contribution in [0.3, 0.4) is 0 Å². The second kappa shape index (κ2) is 34.3. The molecule has 3 amide bonds. The number of anilines is 2. The standard InChI is InChI=1S/C73H91N9O20S6/c1-71(2,3)102-70(86)82-47-51(55-22-12-13-23-59(55)82)44-58(67(85)77-68-78-79-69(103-68)106(74,93)94)76-65(84)24-11-9-8-10-14-39-75-64(83)38-27-48-25-30-52(31-26-48)101-66-49(28-36-62-72(4,5)56-45-53(107(95,96)97)32-34-60(56)80(62)40-15-17-42-104(87,88)89)20-19-21-50(66)29-37-63-73(6,7)57-46-54(108(98,99)100)33-35-61(57)81(63)41-16-18-43-105(90,91)92/h12-13,22-23,25-26,28-37,45-47,58H,8-11,14-21,24,27,38-44H2,1-7H3,(H8-,74,75,76,77,78,83,84,85,87,88,89,90,91,92,93,94,95,96,97,98,99,100)/p+1. The average molecular weight is 1610 g/mol. The van der Waals surface area contributed by atoms with E-state index < -0.39 is 107 Å². The number of unbranched alkanes of at least 4 members (excludes halogenated alkanes) is 6. The lowest BCUT2D eigenvalue weighted by molar-refractivity contribution is -0.438. The highest BCUT2D eigenvalue weighted by molar-refractivity contribution is 7.91. The number of para-hydroxylation sites is 1. The van der Waals surface area contributed by atoms with E-state index >= 15 is 0 Å². The Balaban J connectivity index is 0.864. The third-order valence-corrected chi connectivity index (χ3v) is 24.2. The highest BCUT2D eigenvalue weighted by atomic mass is 32.3. The topological polar surface area (TPSA) is 437 Å². The van der Waals surface area contributed by atoms with Gasteiger partial charge in [0.1, 0.15) is 29.7 Å². The van der Waals surface area contributed by atoms with Crippen molar-refractivity contribution in [2.75, 3.05) is 41.4 Å². The molecule has 108 heavy (non-hydrogen) atoms. The first-order valence-corrected chi connectivity index (χ1v) is 43.6. The van der Waals surface area contributed by atoms with Crippen molar-refractivity contribution < 1.29 is 93.5 Å². The summed E-state index contributed by atoms with van der Waals surface area (Å²) in [7, 11) is -22.0. The van der Waals surface area contributed by atoms with Gasteiger partial charge in [-0.2, -0.15) is 38.2 Å². The Morgan fingerprint density at radius 2 is 1.36 bits per heavy atom. The predicted octanol–water partition coefficient (Wildman–Crippen LogP) is 10.6. The van der Waals surface area contributed by atoms with Crippen LogP contribution >= 0.6 is 11.3 Å². The normalized spacial score (nSPS) is 16.5. The van der Waals surface area contributed by atoms with E-state index in [1.54, 1.807) is 75.5 Å². The predicted molar refractivity (Wildman–Crippen MR) is 408 cm³/mol. The maximum absolute atomic E-state index is 13.8. The van der Waals surface area contributed by atoms with Gasteiger partial charge in [-0.15, -0.1) is 10.2 Å². The largest absolute Gasteiger partial charge is 0.457 e. The van der Waals surface area contributed by atoms with Crippen LogP contribution in [-0.4, -0.2) is 152 Å².